The number of hydrogen-bond acceptors (Lipinski definition) is 5. The highest BCUT2D eigenvalue weighted by Gasteiger charge is 2.31. The Balaban J connectivity index is 1.81. The van der Waals surface area contributed by atoms with E-state index in [0.717, 1.165) is 22.6 Å². The Morgan fingerprint density at radius 3 is 2.54 bits per heavy atom. The highest BCUT2D eigenvalue weighted by molar-refractivity contribution is 7.19. The number of nitrogens with zero attached hydrogens (tertiary/aromatic N) is 3. The van der Waals surface area contributed by atoms with Gasteiger partial charge in [0.05, 0.1) is 10.4 Å². The average Bonchev–Trinajstić information content (AvgIpc) is 3.37. The molecule has 0 fully saturated rings. The Labute approximate surface area is 161 Å². The lowest BCUT2D eigenvalue weighted by molar-refractivity contribution is -0.137. The number of rotatable bonds is 4. The second kappa shape index (κ2) is 7.17. The van der Waals surface area contributed by atoms with Crippen LogP contribution < -0.4 is 0 Å². The van der Waals surface area contributed by atoms with Crippen LogP contribution in [0.25, 0.3) is 21.1 Å². The Bertz CT molecular complexity index is 1080. The number of aliphatic hydroxyl groups is 1. The van der Waals surface area contributed by atoms with Gasteiger partial charge in [0.1, 0.15) is 12.4 Å². The molecule has 4 aromatic rings. The summed E-state index contributed by atoms with van der Waals surface area (Å²) in [4.78, 5) is 9.55. The topological polar surface area (TPSA) is 74.7 Å². The molecule has 1 aromatic carbocycles. The molecule has 0 radical (unpaired) electrons. The lowest BCUT2D eigenvalue weighted by atomic mass is 9.99. The van der Waals surface area contributed by atoms with Crippen LogP contribution in [0, 0.1) is 0 Å². The van der Waals surface area contributed by atoms with Gasteiger partial charge >= 0.3 is 6.18 Å². The fourth-order valence-electron chi connectivity index (χ4n) is 2.83. The summed E-state index contributed by atoms with van der Waals surface area (Å²) in [5.41, 5.74) is 0.667. The number of H-pyrrole nitrogens is 1. The van der Waals surface area contributed by atoms with Crippen LogP contribution in [-0.4, -0.2) is 25.3 Å². The maximum Gasteiger partial charge on any atom is 0.416 e. The molecule has 142 valence electrons. The first-order valence-corrected chi connectivity index (χ1v) is 9.00. The molecule has 0 bridgehead atoms. The van der Waals surface area contributed by atoms with Crippen molar-refractivity contribution in [3.63, 3.8) is 0 Å². The van der Waals surface area contributed by atoms with Crippen LogP contribution in [0.5, 0.6) is 0 Å². The number of nitrogens with one attached hydrogen (secondary N) is 1. The van der Waals surface area contributed by atoms with Gasteiger partial charge in [0.25, 0.3) is 0 Å². The average molecular weight is 402 g/mol. The summed E-state index contributed by atoms with van der Waals surface area (Å²) in [5.74, 6) is 0.436. The van der Waals surface area contributed by atoms with Crippen molar-refractivity contribution in [3.8, 4) is 21.1 Å². The summed E-state index contributed by atoms with van der Waals surface area (Å²) in [6.07, 6.45) is -1.12. The van der Waals surface area contributed by atoms with E-state index in [2.05, 4.69) is 20.2 Å². The standard InChI is InChI=1S/C19H13F3N4OS/c20-19(21,22)13-3-1-2-12(8-13)16(27)14-9-15(11-4-6-23-7-5-11)28-17(14)18-24-10-25-26-18/h1-10,16,27H,(H,24,25,26). The molecule has 0 saturated carbocycles. The SMILES string of the molecule is OC(c1cccc(C(F)(F)F)c1)c1cc(-c2ccncc2)sc1-c1ncn[nH]1. The Hall–Kier alpha value is -3.04. The summed E-state index contributed by atoms with van der Waals surface area (Å²) in [6.45, 7) is 0. The van der Waals surface area contributed by atoms with E-state index in [0.29, 0.717) is 16.3 Å². The second-order valence-electron chi connectivity index (χ2n) is 5.99. The number of thiophene rings is 1. The fraction of sp³-hybridized carbons (Fsp3) is 0.105. The number of alkyl halides is 3. The molecule has 0 aliphatic rings. The molecule has 4 rings (SSSR count). The van der Waals surface area contributed by atoms with Gasteiger partial charge < -0.3 is 5.11 Å². The summed E-state index contributed by atoms with van der Waals surface area (Å²) >= 11 is 1.36. The van der Waals surface area contributed by atoms with Crippen molar-refractivity contribution < 1.29 is 18.3 Å². The molecule has 28 heavy (non-hydrogen) atoms. The summed E-state index contributed by atoms with van der Waals surface area (Å²) in [7, 11) is 0. The first kappa shape index (κ1) is 18.3. The van der Waals surface area contributed by atoms with E-state index < -0.39 is 17.8 Å². The van der Waals surface area contributed by atoms with Crippen LogP contribution in [0.3, 0.4) is 0 Å². The Kier molecular flexibility index (Phi) is 4.70. The van der Waals surface area contributed by atoms with Crippen LogP contribution in [-0.2, 0) is 6.18 Å². The third-order valence-electron chi connectivity index (χ3n) is 4.18. The molecular weight excluding hydrogens is 389 g/mol. The van der Waals surface area contributed by atoms with Crippen molar-refractivity contribution in [3.05, 3.63) is 77.9 Å². The number of aromatic amines is 1. The molecule has 1 atom stereocenters. The van der Waals surface area contributed by atoms with Crippen molar-refractivity contribution in [2.24, 2.45) is 0 Å². The molecule has 0 saturated heterocycles. The van der Waals surface area contributed by atoms with E-state index in [1.165, 1.54) is 29.8 Å². The van der Waals surface area contributed by atoms with Gasteiger partial charge in [0, 0.05) is 22.8 Å². The van der Waals surface area contributed by atoms with Crippen LogP contribution in [0.15, 0.2) is 61.2 Å². The van der Waals surface area contributed by atoms with Crippen LogP contribution >= 0.6 is 11.3 Å². The molecule has 9 heteroatoms. The minimum atomic E-state index is -4.49. The van der Waals surface area contributed by atoms with Crippen LogP contribution in [0.2, 0.25) is 0 Å². The zero-order valence-corrected chi connectivity index (χ0v) is 15.0. The van der Waals surface area contributed by atoms with E-state index in [1.807, 2.05) is 12.1 Å². The fourth-order valence-corrected chi connectivity index (χ4v) is 3.97. The van der Waals surface area contributed by atoms with Gasteiger partial charge in [-0.25, -0.2) is 4.98 Å². The second-order valence-corrected chi connectivity index (χ2v) is 7.04. The van der Waals surface area contributed by atoms with Gasteiger partial charge in [-0.2, -0.15) is 18.3 Å². The van der Waals surface area contributed by atoms with Gasteiger partial charge in [-0.3, -0.25) is 10.1 Å². The zero-order chi connectivity index (χ0) is 19.7. The maximum absolute atomic E-state index is 13.1. The quantitative estimate of drug-likeness (QED) is 0.519. The molecule has 3 heterocycles. The molecule has 0 spiro atoms. The Morgan fingerprint density at radius 1 is 1.07 bits per heavy atom. The van der Waals surface area contributed by atoms with E-state index in [4.69, 9.17) is 0 Å². The first-order chi connectivity index (χ1) is 13.4. The normalized spacial score (nSPS) is 12.9. The third-order valence-corrected chi connectivity index (χ3v) is 5.39. The molecule has 0 aliphatic heterocycles. The lowest BCUT2D eigenvalue weighted by Gasteiger charge is -2.14. The largest absolute Gasteiger partial charge is 0.416 e. The predicted octanol–water partition coefficient (Wildman–Crippen LogP) is 4.70. The molecule has 3 aromatic heterocycles. The predicted molar refractivity (Wildman–Crippen MR) is 98.4 cm³/mol. The van der Waals surface area contributed by atoms with Crippen LogP contribution in [0.4, 0.5) is 13.2 Å². The monoisotopic (exact) mass is 402 g/mol. The maximum atomic E-state index is 13.1. The van der Waals surface area contributed by atoms with E-state index >= 15 is 0 Å². The van der Waals surface area contributed by atoms with Crippen molar-refractivity contribution >= 4 is 11.3 Å². The molecular formula is C19H13F3N4OS. The van der Waals surface area contributed by atoms with E-state index in [9.17, 15) is 18.3 Å². The summed E-state index contributed by atoms with van der Waals surface area (Å²) in [6, 6.07) is 10.1. The summed E-state index contributed by atoms with van der Waals surface area (Å²) < 4.78 is 39.2. The van der Waals surface area contributed by atoms with Crippen LogP contribution in [0.1, 0.15) is 22.8 Å². The van der Waals surface area contributed by atoms with Gasteiger partial charge in [-0.15, -0.1) is 11.3 Å². The molecule has 0 aliphatic carbocycles. The Morgan fingerprint density at radius 2 is 1.86 bits per heavy atom. The van der Waals surface area contributed by atoms with Gasteiger partial charge in [0.2, 0.25) is 0 Å². The molecule has 0 amide bonds. The lowest BCUT2D eigenvalue weighted by Crippen LogP contribution is -2.07. The zero-order valence-electron chi connectivity index (χ0n) is 14.2. The number of benzene rings is 1. The number of halogens is 3. The van der Waals surface area contributed by atoms with Gasteiger partial charge in [-0.05, 0) is 41.5 Å². The minimum absolute atomic E-state index is 0.148. The highest BCUT2D eigenvalue weighted by Crippen LogP contribution is 2.41. The highest BCUT2D eigenvalue weighted by atomic mass is 32.1. The molecule has 1 unspecified atom stereocenters. The van der Waals surface area contributed by atoms with Crippen molar-refractivity contribution in [2.75, 3.05) is 0 Å². The van der Waals surface area contributed by atoms with Gasteiger partial charge in [-0.1, -0.05) is 12.1 Å². The first-order valence-electron chi connectivity index (χ1n) is 8.18. The smallest absolute Gasteiger partial charge is 0.384 e. The number of hydrogen-bond donors (Lipinski definition) is 2. The van der Waals surface area contributed by atoms with Crippen molar-refractivity contribution in [1.82, 2.24) is 20.2 Å². The molecule has 2 N–H and O–H groups in total. The van der Waals surface area contributed by atoms with Gasteiger partial charge in [0.15, 0.2) is 5.82 Å². The van der Waals surface area contributed by atoms with E-state index in [1.54, 1.807) is 18.5 Å². The minimum Gasteiger partial charge on any atom is -0.384 e. The van der Waals surface area contributed by atoms with Crippen molar-refractivity contribution in [2.45, 2.75) is 12.3 Å². The molecule has 5 nitrogen and oxygen atoms in total. The van der Waals surface area contributed by atoms with E-state index in [-0.39, 0.29) is 5.56 Å². The van der Waals surface area contributed by atoms with Crippen molar-refractivity contribution in [1.29, 1.82) is 0 Å². The summed E-state index contributed by atoms with van der Waals surface area (Å²) in [5, 5.41) is 17.5. The number of aliphatic hydroxyl groups excluding tert-OH is 1. The third kappa shape index (κ3) is 3.54. The number of pyridine rings is 1. The number of aromatic nitrogens is 4.